The lowest BCUT2D eigenvalue weighted by Crippen LogP contribution is -2.38. The van der Waals surface area contributed by atoms with Crippen LogP contribution in [0.25, 0.3) is 0 Å². The SMILES string of the molecule is CC1CCC(C(=O)NC(C)CCC(=O)O)CC1. The first-order chi connectivity index (χ1) is 7.99. The van der Waals surface area contributed by atoms with Gasteiger partial charge in [-0.15, -0.1) is 0 Å². The molecule has 1 unspecified atom stereocenters. The van der Waals surface area contributed by atoms with Crippen LogP contribution in [0.5, 0.6) is 0 Å². The first-order valence-electron chi connectivity index (χ1n) is 6.51. The average Bonchev–Trinajstić information content (AvgIpc) is 2.27. The number of carbonyl (C=O) groups is 2. The van der Waals surface area contributed by atoms with E-state index in [1.54, 1.807) is 0 Å². The molecule has 1 fully saturated rings. The maximum absolute atomic E-state index is 11.9. The molecule has 1 rings (SSSR count). The van der Waals surface area contributed by atoms with Crippen molar-refractivity contribution < 1.29 is 14.7 Å². The Morgan fingerprint density at radius 2 is 1.88 bits per heavy atom. The van der Waals surface area contributed by atoms with Crippen LogP contribution in [0.4, 0.5) is 0 Å². The second-order valence-electron chi connectivity index (χ2n) is 5.30. The van der Waals surface area contributed by atoms with Crippen molar-refractivity contribution in [3.05, 3.63) is 0 Å². The van der Waals surface area contributed by atoms with Crippen LogP contribution in [-0.2, 0) is 9.59 Å². The molecule has 4 nitrogen and oxygen atoms in total. The number of carboxylic acid groups (broad SMARTS) is 1. The van der Waals surface area contributed by atoms with E-state index < -0.39 is 5.97 Å². The Labute approximate surface area is 103 Å². The molecule has 0 radical (unpaired) electrons. The topological polar surface area (TPSA) is 66.4 Å². The van der Waals surface area contributed by atoms with Gasteiger partial charge in [-0.05, 0) is 44.9 Å². The minimum Gasteiger partial charge on any atom is -0.481 e. The van der Waals surface area contributed by atoms with Gasteiger partial charge in [0.2, 0.25) is 5.91 Å². The van der Waals surface area contributed by atoms with Crippen molar-refractivity contribution in [2.24, 2.45) is 11.8 Å². The summed E-state index contributed by atoms with van der Waals surface area (Å²) in [6, 6.07) is -0.0436. The number of nitrogens with one attached hydrogen (secondary N) is 1. The van der Waals surface area contributed by atoms with Crippen LogP contribution in [0.3, 0.4) is 0 Å². The van der Waals surface area contributed by atoms with Gasteiger partial charge in [0.15, 0.2) is 0 Å². The van der Waals surface area contributed by atoms with Crippen molar-refractivity contribution in [3.63, 3.8) is 0 Å². The molecule has 0 saturated heterocycles. The fourth-order valence-electron chi connectivity index (χ4n) is 2.30. The molecule has 0 aliphatic heterocycles. The molecular weight excluding hydrogens is 218 g/mol. The van der Waals surface area contributed by atoms with Crippen LogP contribution in [0.15, 0.2) is 0 Å². The second kappa shape index (κ2) is 6.62. The number of aliphatic carboxylic acids is 1. The Hall–Kier alpha value is -1.06. The Kier molecular flexibility index (Phi) is 5.45. The van der Waals surface area contributed by atoms with Crippen LogP contribution in [0.2, 0.25) is 0 Å². The monoisotopic (exact) mass is 241 g/mol. The second-order valence-corrected chi connectivity index (χ2v) is 5.30. The van der Waals surface area contributed by atoms with Gasteiger partial charge in [0.1, 0.15) is 0 Å². The fourth-order valence-corrected chi connectivity index (χ4v) is 2.30. The lowest BCUT2D eigenvalue weighted by Gasteiger charge is -2.26. The number of amides is 1. The number of hydrogen-bond donors (Lipinski definition) is 2. The van der Waals surface area contributed by atoms with E-state index >= 15 is 0 Å². The zero-order chi connectivity index (χ0) is 12.8. The van der Waals surface area contributed by atoms with Gasteiger partial charge in [-0.1, -0.05) is 6.92 Å². The molecule has 2 N–H and O–H groups in total. The molecular formula is C13H23NO3. The van der Waals surface area contributed by atoms with Crippen molar-refractivity contribution in [1.29, 1.82) is 0 Å². The molecule has 17 heavy (non-hydrogen) atoms. The van der Waals surface area contributed by atoms with E-state index in [2.05, 4.69) is 12.2 Å². The minimum atomic E-state index is -0.808. The van der Waals surface area contributed by atoms with E-state index in [1.807, 2.05) is 6.92 Å². The van der Waals surface area contributed by atoms with Crippen LogP contribution in [-0.4, -0.2) is 23.0 Å². The maximum Gasteiger partial charge on any atom is 0.303 e. The third-order valence-corrected chi connectivity index (χ3v) is 3.57. The summed E-state index contributed by atoms with van der Waals surface area (Å²) in [5.74, 6) is 0.175. The molecule has 0 aromatic heterocycles. The molecule has 1 aliphatic carbocycles. The lowest BCUT2D eigenvalue weighted by molar-refractivity contribution is -0.137. The molecule has 0 spiro atoms. The first kappa shape index (κ1) is 14.0. The number of carbonyl (C=O) groups excluding carboxylic acids is 1. The van der Waals surface area contributed by atoms with Gasteiger partial charge in [-0.3, -0.25) is 9.59 Å². The quantitative estimate of drug-likeness (QED) is 0.775. The number of carboxylic acids is 1. The van der Waals surface area contributed by atoms with Crippen molar-refractivity contribution in [3.8, 4) is 0 Å². The Morgan fingerprint density at radius 1 is 1.29 bits per heavy atom. The predicted molar refractivity (Wildman–Crippen MR) is 65.6 cm³/mol. The minimum absolute atomic E-state index is 0.0436. The Bertz CT molecular complexity index is 270. The molecule has 98 valence electrons. The summed E-state index contributed by atoms with van der Waals surface area (Å²) < 4.78 is 0. The highest BCUT2D eigenvalue weighted by Gasteiger charge is 2.24. The number of hydrogen-bond acceptors (Lipinski definition) is 2. The summed E-state index contributed by atoms with van der Waals surface area (Å²) in [5, 5.41) is 11.5. The summed E-state index contributed by atoms with van der Waals surface area (Å²) in [6.07, 6.45) is 4.81. The van der Waals surface area contributed by atoms with E-state index in [-0.39, 0.29) is 24.3 Å². The van der Waals surface area contributed by atoms with E-state index in [0.29, 0.717) is 6.42 Å². The highest BCUT2D eigenvalue weighted by atomic mass is 16.4. The largest absolute Gasteiger partial charge is 0.481 e. The standard InChI is InChI=1S/C13H23NO3/c1-9-3-6-11(7-4-9)13(17)14-10(2)5-8-12(15)16/h9-11H,3-8H2,1-2H3,(H,14,17)(H,15,16). The van der Waals surface area contributed by atoms with Gasteiger partial charge in [0, 0.05) is 18.4 Å². The fraction of sp³-hybridized carbons (Fsp3) is 0.846. The van der Waals surface area contributed by atoms with Crippen molar-refractivity contribution >= 4 is 11.9 Å². The normalized spacial score (nSPS) is 26.2. The van der Waals surface area contributed by atoms with Crippen molar-refractivity contribution in [2.45, 2.75) is 58.4 Å². The molecule has 1 aliphatic rings. The Morgan fingerprint density at radius 3 is 2.41 bits per heavy atom. The van der Waals surface area contributed by atoms with Crippen LogP contribution < -0.4 is 5.32 Å². The highest BCUT2D eigenvalue weighted by Crippen LogP contribution is 2.28. The first-order valence-corrected chi connectivity index (χ1v) is 6.51. The van der Waals surface area contributed by atoms with E-state index in [4.69, 9.17) is 5.11 Å². The van der Waals surface area contributed by atoms with E-state index in [1.165, 1.54) is 0 Å². The molecule has 0 bridgehead atoms. The summed E-state index contributed by atoms with van der Waals surface area (Å²) in [5.41, 5.74) is 0. The third kappa shape index (κ3) is 5.20. The zero-order valence-corrected chi connectivity index (χ0v) is 10.7. The Balaban J connectivity index is 2.26. The molecule has 1 saturated carbocycles. The van der Waals surface area contributed by atoms with Gasteiger partial charge < -0.3 is 10.4 Å². The summed E-state index contributed by atoms with van der Waals surface area (Å²) >= 11 is 0. The third-order valence-electron chi connectivity index (χ3n) is 3.57. The molecule has 1 amide bonds. The van der Waals surface area contributed by atoms with Gasteiger partial charge >= 0.3 is 5.97 Å². The van der Waals surface area contributed by atoms with Crippen molar-refractivity contribution in [2.75, 3.05) is 0 Å². The van der Waals surface area contributed by atoms with Crippen LogP contribution >= 0.6 is 0 Å². The van der Waals surface area contributed by atoms with Gasteiger partial charge in [-0.2, -0.15) is 0 Å². The smallest absolute Gasteiger partial charge is 0.303 e. The maximum atomic E-state index is 11.9. The van der Waals surface area contributed by atoms with E-state index in [0.717, 1.165) is 31.6 Å². The lowest BCUT2D eigenvalue weighted by atomic mass is 9.82. The van der Waals surface area contributed by atoms with Gasteiger partial charge in [-0.25, -0.2) is 0 Å². The van der Waals surface area contributed by atoms with E-state index in [9.17, 15) is 9.59 Å². The molecule has 0 aromatic rings. The molecule has 0 aromatic carbocycles. The van der Waals surface area contributed by atoms with Crippen LogP contribution in [0.1, 0.15) is 52.4 Å². The highest BCUT2D eigenvalue weighted by molar-refractivity contribution is 5.79. The van der Waals surface area contributed by atoms with Gasteiger partial charge in [0.25, 0.3) is 0 Å². The van der Waals surface area contributed by atoms with Gasteiger partial charge in [0.05, 0.1) is 0 Å². The zero-order valence-electron chi connectivity index (χ0n) is 10.7. The molecule has 0 heterocycles. The summed E-state index contributed by atoms with van der Waals surface area (Å²) in [7, 11) is 0. The summed E-state index contributed by atoms with van der Waals surface area (Å²) in [6.45, 7) is 4.09. The average molecular weight is 241 g/mol. The molecule has 4 heteroatoms. The van der Waals surface area contributed by atoms with Crippen molar-refractivity contribution in [1.82, 2.24) is 5.32 Å². The van der Waals surface area contributed by atoms with Crippen LogP contribution in [0, 0.1) is 11.8 Å². The molecule has 1 atom stereocenters. The number of rotatable bonds is 5. The predicted octanol–water partition coefficient (Wildman–Crippen LogP) is 2.18. The summed E-state index contributed by atoms with van der Waals surface area (Å²) in [4.78, 5) is 22.3.